The number of likely N-dealkylation sites (tertiary alicyclic amines) is 1. The average molecular weight is 307 g/mol. The van der Waals surface area contributed by atoms with Crippen LogP contribution in [0, 0.1) is 0 Å². The van der Waals surface area contributed by atoms with Gasteiger partial charge in [0.15, 0.2) is 11.5 Å². The van der Waals surface area contributed by atoms with Crippen molar-refractivity contribution in [3.63, 3.8) is 0 Å². The highest BCUT2D eigenvalue weighted by atomic mass is 16.5. The topological polar surface area (TPSA) is 48.0 Å². The molecule has 0 radical (unpaired) electrons. The van der Waals surface area contributed by atoms with E-state index in [1.807, 2.05) is 0 Å². The number of hydrogen-bond donors (Lipinski definition) is 0. The minimum Gasteiger partial charge on any atom is -0.493 e. The highest BCUT2D eigenvalue weighted by molar-refractivity contribution is 5.90. The lowest BCUT2D eigenvalue weighted by molar-refractivity contribution is 0.0449. The fourth-order valence-electron chi connectivity index (χ4n) is 2.84. The molecular weight excluding hydrogens is 282 g/mol. The summed E-state index contributed by atoms with van der Waals surface area (Å²) < 4.78 is 15.8. The molecule has 2 rings (SSSR count). The number of methoxy groups -OCH3 is 2. The Kier molecular flexibility index (Phi) is 6.07. The fourth-order valence-corrected chi connectivity index (χ4v) is 2.84. The van der Waals surface area contributed by atoms with Gasteiger partial charge >= 0.3 is 5.97 Å². The van der Waals surface area contributed by atoms with E-state index in [4.69, 9.17) is 14.2 Å². The Morgan fingerprint density at radius 2 is 2.00 bits per heavy atom. The zero-order valence-corrected chi connectivity index (χ0v) is 13.6. The molecule has 1 aliphatic rings. The van der Waals surface area contributed by atoms with Crippen molar-refractivity contribution in [1.29, 1.82) is 0 Å². The van der Waals surface area contributed by atoms with Crippen LogP contribution in [0.15, 0.2) is 18.2 Å². The third-order valence-electron chi connectivity index (χ3n) is 4.22. The molecule has 1 fully saturated rings. The maximum absolute atomic E-state index is 12.1. The number of rotatable bonds is 6. The molecule has 0 spiro atoms. The number of nitrogens with zero attached hydrogens (tertiary/aromatic N) is 1. The average Bonchev–Trinajstić information content (AvgIpc) is 2.55. The quantitative estimate of drug-likeness (QED) is 0.756. The summed E-state index contributed by atoms with van der Waals surface area (Å²) in [6.45, 7) is 1.58. The van der Waals surface area contributed by atoms with E-state index in [1.165, 1.54) is 19.3 Å². The molecule has 1 unspecified atom stereocenters. The van der Waals surface area contributed by atoms with E-state index in [-0.39, 0.29) is 5.97 Å². The summed E-state index contributed by atoms with van der Waals surface area (Å²) in [5.74, 6) is 0.811. The molecule has 0 amide bonds. The predicted octanol–water partition coefficient (Wildman–Crippen LogP) is 2.74. The smallest absolute Gasteiger partial charge is 0.338 e. The molecule has 5 nitrogen and oxygen atoms in total. The van der Waals surface area contributed by atoms with Gasteiger partial charge in [-0.1, -0.05) is 6.42 Å². The van der Waals surface area contributed by atoms with Crippen LogP contribution >= 0.6 is 0 Å². The summed E-state index contributed by atoms with van der Waals surface area (Å²) in [6.07, 6.45) is 4.59. The predicted molar refractivity (Wildman–Crippen MR) is 84.7 cm³/mol. The third kappa shape index (κ3) is 4.13. The second kappa shape index (κ2) is 8.03. The van der Waals surface area contributed by atoms with E-state index in [2.05, 4.69) is 11.9 Å². The van der Waals surface area contributed by atoms with E-state index >= 15 is 0 Å². The number of piperidine rings is 1. The van der Waals surface area contributed by atoms with Gasteiger partial charge in [0.2, 0.25) is 0 Å². The molecular formula is C17H25NO4. The number of ether oxygens (including phenoxy) is 3. The minimum absolute atomic E-state index is 0.320. The van der Waals surface area contributed by atoms with Gasteiger partial charge in [-0.3, -0.25) is 0 Å². The molecule has 5 heteroatoms. The lowest BCUT2D eigenvalue weighted by Gasteiger charge is -2.32. The Labute approximate surface area is 132 Å². The molecule has 0 bridgehead atoms. The number of benzene rings is 1. The largest absolute Gasteiger partial charge is 0.493 e. The van der Waals surface area contributed by atoms with Crippen molar-refractivity contribution in [3.05, 3.63) is 23.8 Å². The first-order chi connectivity index (χ1) is 10.7. The first kappa shape index (κ1) is 16.6. The maximum atomic E-state index is 12.1. The third-order valence-corrected chi connectivity index (χ3v) is 4.22. The molecule has 122 valence electrons. The Morgan fingerprint density at radius 1 is 1.23 bits per heavy atom. The van der Waals surface area contributed by atoms with Gasteiger partial charge in [-0.2, -0.15) is 0 Å². The van der Waals surface area contributed by atoms with Crippen LogP contribution in [0.4, 0.5) is 0 Å². The van der Waals surface area contributed by atoms with Gasteiger partial charge in [-0.05, 0) is 51.1 Å². The van der Waals surface area contributed by atoms with Crippen molar-refractivity contribution >= 4 is 5.97 Å². The van der Waals surface area contributed by atoms with Gasteiger partial charge in [-0.15, -0.1) is 0 Å². The lowest BCUT2D eigenvalue weighted by atomic mass is 10.0. The summed E-state index contributed by atoms with van der Waals surface area (Å²) >= 11 is 0. The van der Waals surface area contributed by atoms with Crippen LogP contribution in [0.3, 0.4) is 0 Å². The van der Waals surface area contributed by atoms with Gasteiger partial charge in [-0.25, -0.2) is 4.79 Å². The van der Waals surface area contributed by atoms with Crippen molar-refractivity contribution < 1.29 is 19.0 Å². The highest BCUT2D eigenvalue weighted by Crippen LogP contribution is 2.27. The number of esters is 1. The second-order valence-corrected chi connectivity index (χ2v) is 5.62. The van der Waals surface area contributed by atoms with Crippen LogP contribution in [0.1, 0.15) is 36.0 Å². The Morgan fingerprint density at radius 3 is 2.68 bits per heavy atom. The van der Waals surface area contributed by atoms with E-state index in [0.717, 1.165) is 13.0 Å². The molecule has 0 saturated carbocycles. The first-order valence-corrected chi connectivity index (χ1v) is 7.75. The molecule has 1 aliphatic heterocycles. The summed E-state index contributed by atoms with van der Waals surface area (Å²) in [4.78, 5) is 14.5. The number of carbonyl (C=O) groups excluding carboxylic acids is 1. The molecule has 1 atom stereocenters. The van der Waals surface area contributed by atoms with Crippen molar-refractivity contribution in [2.75, 3.05) is 34.4 Å². The van der Waals surface area contributed by atoms with Crippen LogP contribution in [-0.2, 0) is 4.74 Å². The molecule has 1 saturated heterocycles. The molecule has 0 N–H and O–H groups in total. The highest BCUT2D eigenvalue weighted by Gasteiger charge is 2.19. The normalized spacial score (nSPS) is 18.8. The van der Waals surface area contributed by atoms with Gasteiger partial charge < -0.3 is 19.1 Å². The van der Waals surface area contributed by atoms with Gasteiger partial charge in [0.05, 0.1) is 26.4 Å². The number of carbonyl (C=O) groups is 1. The molecule has 1 heterocycles. The monoisotopic (exact) mass is 307 g/mol. The van der Waals surface area contributed by atoms with Crippen LogP contribution < -0.4 is 9.47 Å². The van der Waals surface area contributed by atoms with Crippen LogP contribution in [-0.4, -0.2) is 51.3 Å². The van der Waals surface area contributed by atoms with Gasteiger partial charge in [0.1, 0.15) is 0 Å². The van der Waals surface area contributed by atoms with Crippen LogP contribution in [0.2, 0.25) is 0 Å². The van der Waals surface area contributed by atoms with Gasteiger partial charge in [0, 0.05) is 6.04 Å². The zero-order valence-electron chi connectivity index (χ0n) is 13.6. The zero-order chi connectivity index (χ0) is 15.9. The Balaban J connectivity index is 1.86. The minimum atomic E-state index is -0.320. The van der Waals surface area contributed by atoms with Crippen molar-refractivity contribution in [1.82, 2.24) is 4.90 Å². The Hall–Kier alpha value is -1.75. The first-order valence-electron chi connectivity index (χ1n) is 7.75. The SMILES string of the molecule is COc1ccc(C(=O)OCCC2CCCCN2C)cc1OC. The summed E-state index contributed by atoms with van der Waals surface area (Å²) in [5, 5.41) is 0. The lowest BCUT2D eigenvalue weighted by Crippen LogP contribution is -2.37. The summed E-state index contributed by atoms with van der Waals surface area (Å²) in [5.41, 5.74) is 0.481. The van der Waals surface area contributed by atoms with Crippen molar-refractivity contribution in [3.8, 4) is 11.5 Å². The van der Waals surface area contributed by atoms with E-state index in [0.29, 0.717) is 29.7 Å². The summed E-state index contributed by atoms with van der Waals surface area (Å²) in [7, 11) is 5.25. The summed E-state index contributed by atoms with van der Waals surface area (Å²) in [6, 6.07) is 5.57. The van der Waals surface area contributed by atoms with E-state index in [9.17, 15) is 4.79 Å². The fraction of sp³-hybridized carbons (Fsp3) is 0.588. The van der Waals surface area contributed by atoms with Crippen LogP contribution in [0.5, 0.6) is 11.5 Å². The molecule has 0 aliphatic carbocycles. The molecule has 1 aromatic rings. The van der Waals surface area contributed by atoms with E-state index < -0.39 is 0 Å². The van der Waals surface area contributed by atoms with E-state index in [1.54, 1.807) is 32.4 Å². The van der Waals surface area contributed by atoms with Gasteiger partial charge in [0.25, 0.3) is 0 Å². The van der Waals surface area contributed by atoms with Crippen molar-refractivity contribution in [2.45, 2.75) is 31.7 Å². The standard InChI is InChI=1S/C17H25NO4/c1-18-10-5-4-6-14(18)9-11-22-17(19)13-7-8-15(20-2)16(12-13)21-3/h7-8,12,14H,4-6,9-11H2,1-3H3. The van der Waals surface area contributed by atoms with Crippen LogP contribution in [0.25, 0.3) is 0 Å². The molecule has 22 heavy (non-hydrogen) atoms. The Bertz CT molecular complexity index is 503. The molecule has 1 aromatic carbocycles. The second-order valence-electron chi connectivity index (χ2n) is 5.62. The maximum Gasteiger partial charge on any atom is 0.338 e. The number of hydrogen-bond acceptors (Lipinski definition) is 5. The van der Waals surface area contributed by atoms with Crippen molar-refractivity contribution in [2.24, 2.45) is 0 Å². The molecule has 0 aromatic heterocycles.